The highest BCUT2D eigenvalue weighted by Gasteiger charge is 2.06. The molecule has 0 saturated carbocycles. The van der Waals surface area contributed by atoms with Gasteiger partial charge < -0.3 is 14.6 Å². The van der Waals surface area contributed by atoms with Gasteiger partial charge in [-0.05, 0) is 32.4 Å². The molecule has 90 valence electrons. The third-order valence-corrected chi connectivity index (χ3v) is 2.04. The van der Waals surface area contributed by atoms with Crippen molar-refractivity contribution in [2.24, 2.45) is 0 Å². The molecule has 0 radical (unpaired) electrons. The van der Waals surface area contributed by atoms with Crippen LogP contribution in [0.5, 0.6) is 11.5 Å². The summed E-state index contributed by atoms with van der Waals surface area (Å²) in [6.07, 6.45) is 1.06. The van der Waals surface area contributed by atoms with E-state index in [-0.39, 0.29) is 12.7 Å². The first kappa shape index (κ1) is 12.8. The van der Waals surface area contributed by atoms with Gasteiger partial charge in [0.1, 0.15) is 11.5 Å². The molecule has 1 aromatic carbocycles. The van der Waals surface area contributed by atoms with Gasteiger partial charge in [-0.15, -0.1) is 0 Å². The summed E-state index contributed by atoms with van der Waals surface area (Å²) >= 11 is 0. The van der Waals surface area contributed by atoms with E-state index in [1.165, 1.54) is 0 Å². The molecule has 0 saturated heterocycles. The quantitative estimate of drug-likeness (QED) is 0.807. The average molecular weight is 224 g/mol. The molecule has 0 heterocycles. The molecule has 0 amide bonds. The molecule has 3 heteroatoms. The van der Waals surface area contributed by atoms with Gasteiger partial charge in [0.25, 0.3) is 0 Å². The van der Waals surface area contributed by atoms with Crippen molar-refractivity contribution in [1.82, 2.24) is 0 Å². The first-order valence-electron chi connectivity index (χ1n) is 5.70. The molecular formula is C13H20O3. The van der Waals surface area contributed by atoms with Gasteiger partial charge in [-0.3, -0.25) is 0 Å². The largest absolute Gasteiger partial charge is 0.493 e. The van der Waals surface area contributed by atoms with Crippen LogP contribution in [0, 0.1) is 0 Å². The lowest BCUT2D eigenvalue weighted by molar-refractivity contribution is 0.223. The first-order valence-corrected chi connectivity index (χ1v) is 5.70. The Morgan fingerprint density at radius 3 is 2.62 bits per heavy atom. The number of hydrogen-bond donors (Lipinski definition) is 1. The fraction of sp³-hybridized carbons (Fsp3) is 0.538. The second-order valence-corrected chi connectivity index (χ2v) is 3.94. The van der Waals surface area contributed by atoms with E-state index in [1.807, 2.05) is 32.0 Å². The first-order chi connectivity index (χ1) is 7.67. The molecule has 1 aromatic rings. The third-order valence-electron chi connectivity index (χ3n) is 2.04. The van der Waals surface area contributed by atoms with Gasteiger partial charge in [-0.1, -0.05) is 6.92 Å². The molecule has 0 bridgehead atoms. The molecule has 1 N–H and O–H groups in total. The predicted molar refractivity (Wildman–Crippen MR) is 63.9 cm³/mol. The lowest BCUT2D eigenvalue weighted by Gasteiger charge is -2.14. The second kappa shape index (κ2) is 6.38. The SMILES string of the molecule is CCCOc1ccc(CO)c(OC(C)C)c1. The van der Waals surface area contributed by atoms with E-state index in [0.29, 0.717) is 12.4 Å². The van der Waals surface area contributed by atoms with Crippen LogP contribution < -0.4 is 9.47 Å². The smallest absolute Gasteiger partial charge is 0.128 e. The van der Waals surface area contributed by atoms with Gasteiger partial charge >= 0.3 is 0 Å². The van der Waals surface area contributed by atoms with E-state index in [1.54, 1.807) is 0 Å². The zero-order valence-corrected chi connectivity index (χ0v) is 10.2. The Balaban J connectivity index is 2.83. The Morgan fingerprint density at radius 1 is 1.31 bits per heavy atom. The normalized spacial score (nSPS) is 10.6. The Hall–Kier alpha value is -1.22. The van der Waals surface area contributed by atoms with Crippen molar-refractivity contribution in [2.45, 2.75) is 39.9 Å². The van der Waals surface area contributed by atoms with Crippen LogP contribution in [0.1, 0.15) is 32.8 Å². The maximum absolute atomic E-state index is 9.18. The fourth-order valence-electron chi connectivity index (χ4n) is 1.34. The molecule has 1 rings (SSSR count). The van der Waals surface area contributed by atoms with E-state index in [2.05, 4.69) is 6.92 Å². The van der Waals surface area contributed by atoms with Crippen molar-refractivity contribution in [3.05, 3.63) is 23.8 Å². The van der Waals surface area contributed by atoms with Gasteiger partial charge in [-0.2, -0.15) is 0 Å². The molecule has 0 aromatic heterocycles. The van der Waals surface area contributed by atoms with Crippen LogP contribution in [0.4, 0.5) is 0 Å². The highest BCUT2D eigenvalue weighted by atomic mass is 16.5. The summed E-state index contributed by atoms with van der Waals surface area (Å²) in [5.74, 6) is 1.49. The van der Waals surface area contributed by atoms with Crippen LogP contribution in [0.15, 0.2) is 18.2 Å². The summed E-state index contributed by atoms with van der Waals surface area (Å²) in [5.41, 5.74) is 0.789. The number of aliphatic hydroxyl groups is 1. The van der Waals surface area contributed by atoms with Crippen LogP contribution in [0.3, 0.4) is 0 Å². The van der Waals surface area contributed by atoms with E-state index in [4.69, 9.17) is 9.47 Å². The lowest BCUT2D eigenvalue weighted by Crippen LogP contribution is -2.08. The molecular weight excluding hydrogens is 204 g/mol. The Labute approximate surface area is 97.0 Å². The van der Waals surface area contributed by atoms with Crippen molar-refractivity contribution in [3.8, 4) is 11.5 Å². The van der Waals surface area contributed by atoms with E-state index >= 15 is 0 Å². The second-order valence-electron chi connectivity index (χ2n) is 3.94. The zero-order chi connectivity index (χ0) is 12.0. The molecule has 0 atom stereocenters. The number of hydrogen-bond acceptors (Lipinski definition) is 3. The fourth-order valence-corrected chi connectivity index (χ4v) is 1.34. The highest BCUT2D eigenvalue weighted by molar-refractivity contribution is 5.40. The van der Waals surface area contributed by atoms with E-state index in [0.717, 1.165) is 17.7 Å². The number of ether oxygens (including phenoxy) is 2. The Kier molecular flexibility index (Phi) is 5.12. The summed E-state index contributed by atoms with van der Waals surface area (Å²) in [4.78, 5) is 0. The van der Waals surface area contributed by atoms with Crippen LogP contribution in [0.25, 0.3) is 0 Å². The molecule has 0 aliphatic rings. The minimum Gasteiger partial charge on any atom is -0.493 e. The lowest BCUT2D eigenvalue weighted by atomic mass is 10.2. The summed E-state index contributed by atoms with van der Waals surface area (Å²) in [7, 11) is 0. The monoisotopic (exact) mass is 224 g/mol. The Bertz CT molecular complexity index is 321. The number of aliphatic hydroxyl groups excluding tert-OH is 1. The van der Waals surface area contributed by atoms with Crippen molar-refractivity contribution < 1.29 is 14.6 Å². The predicted octanol–water partition coefficient (Wildman–Crippen LogP) is 2.75. The molecule has 0 aliphatic carbocycles. The summed E-state index contributed by atoms with van der Waals surface area (Å²) in [6.45, 7) is 6.66. The molecule has 16 heavy (non-hydrogen) atoms. The van der Waals surface area contributed by atoms with Crippen molar-refractivity contribution in [2.75, 3.05) is 6.61 Å². The maximum Gasteiger partial charge on any atom is 0.128 e. The Morgan fingerprint density at radius 2 is 2.06 bits per heavy atom. The van der Waals surface area contributed by atoms with Gasteiger partial charge in [-0.25, -0.2) is 0 Å². The number of rotatable bonds is 6. The van der Waals surface area contributed by atoms with Gasteiger partial charge in [0, 0.05) is 11.6 Å². The van der Waals surface area contributed by atoms with Crippen molar-refractivity contribution in [3.63, 3.8) is 0 Å². The van der Waals surface area contributed by atoms with Crippen LogP contribution in [-0.2, 0) is 6.61 Å². The van der Waals surface area contributed by atoms with Crippen LogP contribution in [0.2, 0.25) is 0 Å². The van der Waals surface area contributed by atoms with Crippen molar-refractivity contribution in [1.29, 1.82) is 0 Å². The molecule has 0 fully saturated rings. The molecule has 0 unspecified atom stereocenters. The standard InChI is InChI=1S/C13H20O3/c1-4-7-15-12-6-5-11(9-14)13(8-12)16-10(2)3/h5-6,8,10,14H,4,7,9H2,1-3H3. The van der Waals surface area contributed by atoms with Gasteiger partial charge in [0.15, 0.2) is 0 Å². The summed E-state index contributed by atoms with van der Waals surface area (Å²) in [6, 6.07) is 5.53. The molecule has 0 spiro atoms. The van der Waals surface area contributed by atoms with Gasteiger partial charge in [0.2, 0.25) is 0 Å². The summed E-state index contributed by atoms with van der Waals surface area (Å²) in [5, 5.41) is 9.18. The van der Waals surface area contributed by atoms with E-state index < -0.39 is 0 Å². The van der Waals surface area contributed by atoms with Gasteiger partial charge in [0.05, 0.1) is 19.3 Å². The molecule has 0 aliphatic heterocycles. The number of benzene rings is 1. The minimum atomic E-state index is -0.0177. The summed E-state index contributed by atoms with van der Waals surface area (Å²) < 4.78 is 11.1. The topological polar surface area (TPSA) is 38.7 Å². The van der Waals surface area contributed by atoms with E-state index in [9.17, 15) is 5.11 Å². The highest BCUT2D eigenvalue weighted by Crippen LogP contribution is 2.26. The third kappa shape index (κ3) is 3.74. The minimum absolute atomic E-state index is 0.0177. The maximum atomic E-state index is 9.18. The van der Waals surface area contributed by atoms with Crippen molar-refractivity contribution >= 4 is 0 Å². The average Bonchev–Trinajstić information content (AvgIpc) is 2.26. The van der Waals surface area contributed by atoms with Crippen LogP contribution in [-0.4, -0.2) is 17.8 Å². The van der Waals surface area contributed by atoms with Crippen LogP contribution >= 0.6 is 0 Å². The zero-order valence-electron chi connectivity index (χ0n) is 10.2. The molecule has 3 nitrogen and oxygen atoms in total.